The molecule has 0 bridgehead atoms. The summed E-state index contributed by atoms with van der Waals surface area (Å²) in [4.78, 5) is 25.1. The number of hydrogen-bond acceptors (Lipinski definition) is 3. The summed E-state index contributed by atoms with van der Waals surface area (Å²) in [6.45, 7) is 3.91. The maximum atomic E-state index is 12.1. The summed E-state index contributed by atoms with van der Waals surface area (Å²) in [7, 11) is 0. The van der Waals surface area contributed by atoms with Crippen molar-refractivity contribution in [2.45, 2.75) is 26.4 Å². The lowest BCUT2D eigenvalue weighted by molar-refractivity contribution is -0.128. The number of nitriles is 1. The molecule has 19 heavy (non-hydrogen) atoms. The summed E-state index contributed by atoms with van der Waals surface area (Å²) in [5, 5.41) is 11.7. The van der Waals surface area contributed by atoms with Crippen molar-refractivity contribution in [1.29, 1.82) is 5.26 Å². The Balaban J connectivity index is 2.22. The van der Waals surface area contributed by atoms with Crippen LogP contribution in [0.15, 0.2) is 24.3 Å². The van der Waals surface area contributed by atoms with Crippen molar-refractivity contribution in [3.8, 4) is 6.07 Å². The molecule has 1 aromatic rings. The molecular weight excluding hydrogens is 242 g/mol. The molecule has 0 radical (unpaired) electrons. The van der Waals surface area contributed by atoms with Gasteiger partial charge < -0.3 is 5.32 Å². The van der Waals surface area contributed by atoms with Gasteiger partial charge in [-0.05, 0) is 17.5 Å². The third kappa shape index (κ3) is 2.43. The second-order valence-corrected chi connectivity index (χ2v) is 4.86. The predicted molar refractivity (Wildman–Crippen MR) is 68.9 cm³/mol. The largest absolute Gasteiger partial charge is 0.326 e. The molecule has 5 nitrogen and oxygen atoms in total. The minimum Gasteiger partial charge on any atom is -0.326 e. The van der Waals surface area contributed by atoms with Crippen LogP contribution >= 0.6 is 0 Å². The minimum atomic E-state index is -0.471. The van der Waals surface area contributed by atoms with Gasteiger partial charge in [0.15, 0.2) is 0 Å². The zero-order valence-corrected chi connectivity index (χ0v) is 10.9. The number of nitrogens with zero attached hydrogens (tertiary/aromatic N) is 2. The van der Waals surface area contributed by atoms with E-state index in [9.17, 15) is 9.59 Å². The van der Waals surface area contributed by atoms with E-state index >= 15 is 0 Å². The van der Waals surface area contributed by atoms with Gasteiger partial charge in [-0.25, -0.2) is 4.79 Å². The molecule has 1 atom stereocenters. The molecule has 1 N–H and O–H groups in total. The van der Waals surface area contributed by atoms with Crippen molar-refractivity contribution in [3.63, 3.8) is 0 Å². The average Bonchev–Trinajstić information content (AvgIpc) is 2.67. The predicted octanol–water partition coefficient (Wildman–Crippen LogP) is 1.63. The fourth-order valence-corrected chi connectivity index (χ4v) is 2.08. The zero-order valence-electron chi connectivity index (χ0n) is 10.9. The molecule has 1 unspecified atom stereocenters. The zero-order chi connectivity index (χ0) is 14.0. The summed E-state index contributed by atoms with van der Waals surface area (Å²) in [6, 6.07) is 8.17. The molecule has 0 saturated carbocycles. The van der Waals surface area contributed by atoms with E-state index in [-0.39, 0.29) is 18.4 Å². The van der Waals surface area contributed by atoms with E-state index < -0.39 is 12.1 Å². The molecule has 1 saturated heterocycles. The van der Waals surface area contributed by atoms with Crippen LogP contribution in [0.3, 0.4) is 0 Å². The smallest absolute Gasteiger partial charge is 0.325 e. The van der Waals surface area contributed by atoms with E-state index in [1.54, 1.807) is 24.3 Å². The lowest BCUT2D eigenvalue weighted by Gasteiger charge is -2.15. The lowest BCUT2D eigenvalue weighted by Crippen LogP contribution is -2.34. The Morgan fingerprint density at radius 1 is 1.37 bits per heavy atom. The van der Waals surface area contributed by atoms with E-state index in [0.717, 1.165) is 0 Å². The fraction of sp³-hybridized carbons (Fsp3) is 0.357. The standard InChI is InChI=1S/C14H15N3O2/c1-9(2)12-13(18)17(14(19)16-12)8-11-6-4-3-5-10(11)7-15/h3-6,9,12H,8H2,1-2H3,(H,16,19). The summed E-state index contributed by atoms with van der Waals surface area (Å²) in [6.07, 6.45) is 0. The van der Waals surface area contributed by atoms with Crippen LogP contribution in [0.4, 0.5) is 4.79 Å². The van der Waals surface area contributed by atoms with E-state index in [0.29, 0.717) is 11.1 Å². The van der Waals surface area contributed by atoms with Gasteiger partial charge in [0.05, 0.1) is 18.2 Å². The number of hydrogen-bond donors (Lipinski definition) is 1. The van der Waals surface area contributed by atoms with Crippen molar-refractivity contribution in [1.82, 2.24) is 10.2 Å². The molecule has 5 heteroatoms. The second-order valence-electron chi connectivity index (χ2n) is 4.86. The summed E-state index contributed by atoms with van der Waals surface area (Å²) in [5.41, 5.74) is 1.16. The SMILES string of the molecule is CC(C)C1NC(=O)N(Cc2ccccc2C#N)C1=O. The van der Waals surface area contributed by atoms with E-state index in [1.165, 1.54) is 4.90 Å². The van der Waals surface area contributed by atoms with Crippen LogP contribution in [0.1, 0.15) is 25.0 Å². The first-order chi connectivity index (χ1) is 9.04. The Morgan fingerprint density at radius 2 is 2.05 bits per heavy atom. The second kappa shape index (κ2) is 5.11. The molecule has 2 rings (SSSR count). The summed E-state index contributed by atoms with van der Waals surface area (Å²) >= 11 is 0. The van der Waals surface area contributed by atoms with Gasteiger partial charge in [0.1, 0.15) is 6.04 Å². The molecule has 1 aliphatic rings. The highest BCUT2D eigenvalue weighted by Crippen LogP contribution is 2.18. The summed E-state index contributed by atoms with van der Waals surface area (Å²) in [5.74, 6) is -0.180. The number of urea groups is 1. The highest BCUT2D eigenvalue weighted by molar-refractivity contribution is 6.04. The van der Waals surface area contributed by atoms with Gasteiger partial charge in [-0.3, -0.25) is 9.69 Å². The normalized spacial score (nSPS) is 18.6. The van der Waals surface area contributed by atoms with Crippen LogP contribution in [0, 0.1) is 17.2 Å². The van der Waals surface area contributed by atoms with E-state index in [1.807, 2.05) is 13.8 Å². The Morgan fingerprint density at radius 3 is 2.63 bits per heavy atom. The molecule has 0 aromatic heterocycles. The molecule has 1 aliphatic heterocycles. The molecule has 0 spiro atoms. The molecule has 3 amide bonds. The topological polar surface area (TPSA) is 73.2 Å². The minimum absolute atomic E-state index is 0.0488. The monoisotopic (exact) mass is 257 g/mol. The number of carbonyl (C=O) groups is 2. The third-order valence-corrected chi connectivity index (χ3v) is 3.19. The lowest BCUT2D eigenvalue weighted by atomic mass is 10.0. The number of amides is 3. The maximum absolute atomic E-state index is 12.1. The van der Waals surface area contributed by atoms with Gasteiger partial charge in [0.25, 0.3) is 5.91 Å². The molecule has 1 heterocycles. The van der Waals surface area contributed by atoms with Gasteiger partial charge in [-0.2, -0.15) is 5.26 Å². The van der Waals surface area contributed by atoms with Crippen molar-refractivity contribution in [2.24, 2.45) is 5.92 Å². The van der Waals surface area contributed by atoms with Gasteiger partial charge in [-0.15, -0.1) is 0 Å². The average molecular weight is 257 g/mol. The first-order valence-electron chi connectivity index (χ1n) is 6.14. The molecular formula is C14H15N3O2. The van der Waals surface area contributed by atoms with Gasteiger partial charge in [0.2, 0.25) is 0 Å². The fourth-order valence-electron chi connectivity index (χ4n) is 2.08. The molecule has 1 aromatic carbocycles. The molecule has 98 valence electrons. The highest BCUT2D eigenvalue weighted by Gasteiger charge is 2.39. The van der Waals surface area contributed by atoms with Crippen LogP contribution in [0.5, 0.6) is 0 Å². The van der Waals surface area contributed by atoms with Crippen LogP contribution in [-0.4, -0.2) is 22.9 Å². The Bertz CT molecular complexity index is 560. The quantitative estimate of drug-likeness (QED) is 0.836. The van der Waals surface area contributed by atoms with Crippen molar-refractivity contribution in [2.75, 3.05) is 0 Å². The first-order valence-corrected chi connectivity index (χ1v) is 6.14. The van der Waals surface area contributed by atoms with Crippen molar-refractivity contribution < 1.29 is 9.59 Å². The van der Waals surface area contributed by atoms with E-state index in [4.69, 9.17) is 5.26 Å². The number of nitrogens with one attached hydrogen (secondary N) is 1. The van der Waals surface area contributed by atoms with Gasteiger partial charge in [-0.1, -0.05) is 32.0 Å². The highest BCUT2D eigenvalue weighted by atomic mass is 16.2. The number of carbonyl (C=O) groups excluding carboxylic acids is 2. The Kier molecular flexibility index (Phi) is 3.52. The van der Waals surface area contributed by atoms with Crippen LogP contribution in [0.25, 0.3) is 0 Å². The van der Waals surface area contributed by atoms with Crippen molar-refractivity contribution in [3.05, 3.63) is 35.4 Å². The van der Waals surface area contributed by atoms with Gasteiger partial charge in [0, 0.05) is 0 Å². The third-order valence-electron chi connectivity index (χ3n) is 3.19. The van der Waals surface area contributed by atoms with Crippen molar-refractivity contribution >= 4 is 11.9 Å². The summed E-state index contributed by atoms with van der Waals surface area (Å²) < 4.78 is 0. The Labute approximate surface area is 111 Å². The van der Waals surface area contributed by atoms with Crippen LogP contribution in [0.2, 0.25) is 0 Å². The van der Waals surface area contributed by atoms with Crippen LogP contribution < -0.4 is 5.32 Å². The first kappa shape index (κ1) is 13.1. The number of rotatable bonds is 3. The maximum Gasteiger partial charge on any atom is 0.325 e. The van der Waals surface area contributed by atoms with Gasteiger partial charge >= 0.3 is 6.03 Å². The van der Waals surface area contributed by atoms with Crippen LogP contribution in [-0.2, 0) is 11.3 Å². The molecule has 1 fully saturated rings. The molecule has 0 aliphatic carbocycles. The number of imide groups is 1. The van der Waals surface area contributed by atoms with E-state index in [2.05, 4.69) is 11.4 Å². The Hall–Kier alpha value is -2.35. The number of benzene rings is 1.